The maximum atomic E-state index is 10.5. The second-order valence-electron chi connectivity index (χ2n) is 3.04. The highest BCUT2D eigenvalue weighted by Crippen LogP contribution is 2.28. The molecular weight excluding hydrogens is 210 g/mol. The summed E-state index contributed by atoms with van der Waals surface area (Å²) in [5.41, 5.74) is 1.00. The minimum Gasteiger partial charge on any atom is -0.264 e. The molecule has 1 atom stereocenters. The zero-order valence-electron chi connectivity index (χ0n) is 8.33. The van der Waals surface area contributed by atoms with Crippen molar-refractivity contribution in [3.63, 3.8) is 0 Å². The van der Waals surface area contributed by atoms with Crippen molar-refractivity contribution in [3.05, 3.63) is 58.7 Å². The van der Waals surface area contributed by atoms with E-state index in [1.165, 1.54) is 0 Å². The molecule has 0 amide bonds. The van der Waals surface area contributed by atoms with Crippen molar-refractivity contribution in [2.45, 2.75) is 5.25 Å². The summed E-state index contributed by atoms with van der Waals surface area (Å²) in [5, 5.41) is 10.4. The SMILES string of the molecule is C=CCSC(C[N+](=O)[O-])c1ccccc1. The van der Waals surface area contributed by atoms with E-state index in [4.69, 9.17) is 0 Å². The van der Waals surface area contributed by atoms with Crippen LogP contribution in [0, 0.1) is 10.1 Å². The van der Waals surface area contributed by atoms with Gasteiger partial charge in [0.25, 0.3) is 0 Å². The minimum absolute atomic E-state index is 0.0392. The Kier molecular flexibility index (Phi) is 4.90. The van der Waals surface area contributed by atoms with E-state index in [1.807, 2.05) is 30.3 Å². The molecule has 4 heteroatoms. The van der Waals surface area contributed by atoms with Crippen LogP contribution < -0.4 is 0 Å². The molecule has 1 unspecified atom stereocenters. The van der Waals surface area contributed by atoms with E-state index in [2.05, 4.69) is 6.58 Å². The number of benzene rings is 1. The van der Waals surface area contributed by atoms with Gasteiger partial charge in [0.05, 0.1) is 5.25 Å². The van der Waals surface area contributed by atoms with Gasteiger partial charge in [0.2, 0.25) is 6.54 Å². The summed E-state index contributed by atoms with van der Waals surface area (Å²) in [6, 6.07) is 9.55. The van der Waals surface area contributed by atoms with Crippen molar-refractivity contribution >= 4 is 11.8 Å². The standard InChI is InChI=1S/C11H13NO2S/c1-2-8-15-11(9-12(13)14)10-6-4-3-5-7-10/h2-7,11H,1,8-9H2. The molecule has 0 aromatic heterocycles. The molecule has 0 heterocycles. The third-order valence-corrected chi connectivity index (χ3v) is 3.15. The molecule has 0 aliphatic carbocycles. The fourth-order valence-corrected chi connectivity index (χ4v) is 2.19. The van der Waals surface area contributed by atoms with Crippen molar-refractivity contribution in [2.24, 2.45) is 0 Å². The van der Waals surface area contributed by atoms with Crippen LogP contribution in [0.3, 0.4) is 0 Å². The lowest BCUT2D eigenvalue weighted by Crippen LogP contribution is -2.09. The molecule has 0 radical (unpaired) electrons. The first-order valence-corrected chi connectivity index (χ1v) is 5.68. The van der Waals surface area contributed by atoms with Crippen LogP contribution in [0.1, 0.15) is 10.8 Å². The summed E-state index contributed by atoms with van der Waals surface area (Å²) in [6.45, 7) is 3.58. The second-order valence-corrected chi connectivity index (χ2v) is 4.27. The summed E-state index contributed by atoms with van der Waals surface area (Å²) >= 11 is 1.54. The van der Waals surface area contributed by atoms with Crippen LogP contribution in [0.25, 0.3) is 0 Å². The largest absolute Gasteiger partial charge is 0.264 e. The highest BCUT2D eigenvalue weighted by atomic mass is 32.2. The van der Waals surface area contributed by atoms with Gasteiger partial charge in [-0.1, -0.05) is 36.4 Å². The molecule has 1 rings (SSSR count). The average Bonchev–Trinajstić information content (AvgIpc) is 2.25. The van der Waals surface area contributed by atoms with Gasteiger partial charge in [0, 0.05) is 10.7 Å². The second kappa shape index (κ2) is 6.24. The van der Waals surface area contributed by atoms with Gasteiger partial charge in [-0.15, -0.1) is 18.3 Å². The van der Waals surface area contributed by atoms with E-state index in [-0.39, 0.29) is 16.7 Å². The van der Waals surface area contributed by atoms with Crippen LogP contribution in [0.2, 0.25) is 0 Å². The van der Waals surface area contributed by atoms with Gasteiger partial charge in [-0.2, -0.15) is 0 Å². The Balaban J connectivity index is 2.71. The quantitative estimate of drug-likeness (QED) is 0.423. The maximum absolute atomic E-state index is 10.5. The predicted octanol–water partition coefficient (Wildman–Crippen LogP) is 2.92. The molecule has 0 saturated carbocycles. The van der Waals surface area contributed by atoms with Crippen molar-refractivity contribution in [1.29, 1.82) is 0 Å². The van der Waals surface area contributed by atoms with E-state index >= 15 is 0 Å². The highest BCUT2D eigenvalue weighted by Gasteiger charge is 2.16. The van der Waals surface area contributed by atoms with Gasteiger partial charge >= 0.3 is 0 Å². The number of nitrogens with zero attached hydrogens (tertiary/aromatic N) is 1. The first-order valence-electron chi connectivity index (χ1n) is 4.63. The Morgan fingerprint density at radius 1 is 1.47 bits per heavy atom. The van der Waals surface area contributed by atoms with Crippen molar-refractivity contribution in [1.82, 2.24) is 0 Å². The molecular formula is C11H13NO2S. The summed E-state index contributed by atoms with van der Waals surface area (Å²) in [5.74, 6) is 0.730. The number of hydrogen-bond acceptors (Lipinski definition) is 3. The van der Waals surface area contributed by atoms with E-state index in [9.17, 15) is 10.1 Å². The maximum Gasteiger partial charge on any atom is 0.219 e. The molecule has 80 valence electrons. The number of thioether (sulfide) groups is 1. The Morgan fingerprint density at radius 2 is 2.13 bits per heavy atom. The molecule has 0 bridgehead atoms. The monoisotopic (exact) mass is 223 g/mol. The Labute approximate surface area is 93.3 Å². The highest BCUT2D eigenvalue weighted by molar-refractivity contribution is 7.99. The van der Waals surface area contributed by atoms with E-state index in [0.717, 1.165) is 11.3 Å². The minimum atomic E-state index is -0.270. The first kappa shape index (κ1) is 11.8. The van der Waals surface area contributed by atoms with Gasteiger partial charge < -0.3 is 0 Å². The predicted molar refractivity (Wildman–Crippen MR) is 63.7 cm³/mol. The van der Waals surface area contributed by atoms with Gasteiger partial charge in [-0.05, 0) is 5.56 Å². The van der Waals surface area contributed by atoms with E-state index in [1.54, 1.807) is 17.8 Å². The van der Waals surface area contributed by atoms with Crippen LogP contribution in [-0.2, 0) is 0 Å². The molecule has 0 saturated heterocycles. The molecule has 0 spiro atoms. The smallest absolute Gasteiger partial charge is 0.219 e. The van der Waals surface area contributed by atoms with Crippen LogP contribution in [0.15, 0.2) is 43.0 Å². The topological polar surface area (TPSA) is 43.1 Å². The van der Waals surface area contributed by atoms with Crippen LogP contribution in [-0.4, -0.2) is 17.2 Å². The lowest BCUT2D eigenvalue weighted by Gasteiger charge is -2.11. The molecule has 0 aliphatic heterocycles. The molecule has 0 aliphatic rings. The molecule has 1 aromatic carbocycles. The summed E-state index contributed by atoms with van der Waals surface area (Å²) in [6.07, 6.45) is 1.76. The summed E-state index contributed by atoms with van der Waals surface area (Å²) in [7, 11) is 0. The Hall–Kier alpha value is -1.29. The van der Waals surface area contributed by atoms with Crippen LogP contribution >= 0.6 is 11.8 Å². The molecule has 0 N–H and O–H groups in total. The lowest BCUT2D eigenvalue weighted by molar-refractivity contribution is -0.479. The number of hydrogen-bond donors (Lipinski definition) is 0. The van der Waals surface area contributed by atoms with Crippen LogP contribution in [0.5, 0.6) is 0 Å². The first-order chi connectivity index (χ1) is 7.24. The van der Waals surface area contributed by atoms with Gasteiger partial charge in [-0.25, -0.2) is 0 Å². The zero-order valence-corrected chi connectivity index (χ0v) is 9.15. The van der Waals surface area contributed by atoms with E-state index < -0.39 is 0 Å². The molecule has 3 nitrogen and oxygen atoms in total. The lowest BCUT2D eigenvalue weighted by atomic mass is 10.1. The van der Waals surface area contributed by atoms with Gasteiger partial charge in [0.1, 0.15) is 0 Å². The van der Waals surface area contributed by atoms with Crippen molar-refractivity contribution in [3.8, 4) is 0 Å². The normalized spacial score (nSPS) is 12.0. The summed E-state index contributed by atoms with van der Waals surface area (Å²) < 4.78 is 0. The van der Waals surface area contributed by atoms with Gasteiger partial charge in [0.15, 0.2) is 0 Å². The van der Waals surface area contributed by atoms with Crippen LogP contribution in [0.4, 0.5) is 0 Å². The third-order valence-electron chi connectivity index (χ3n) is 1.90. The Morgan fingerprint density at radius 3 is 2.67 bits per heavy atom. The summed E-state index contributed by atoms with van der Waals surface area (Å²) in [4.78, 5) is 10.2. The fraction of sp³-hybridized carbons (Fsp3) is 0.273. The van der Waals surface area contributed by atoms with E-state index in [0.29, 0.717) is 0 Å². The average molecular weight is 223 g/mol. The fourth-order valence-electron chi connectivity index (χ4n) is 1.24. The third kappa shape index (κ3) is 4.16. The number of rotatable bonds is 6. The zero-order chi connectivity index (χ0) is 11.1. The Bertz CT molecular complexity index is 327. The molecule has 15 heavy (non-hydrogen) atoms. The van der Waals surface area contributed by atoms with Crippen molar-refractivity contribution < 1.29 is 4.92 Å². The number of nitro groups is 1. The van der Waals surface area contributed by atoms with Gasteiger partial charge in [-0.3, -0.25) is 10.1 Å². The molecule has 0 fully saturated rings. The molecule has 1 aromatic rings. The van der Waals surface area contributed by atoms with Crippen molar-refractivity contribution in [2.75, 3.05) is 12.3 Å².